The fourth-order valence-electron chi connectivity index (χ4n) is 2.31. The fourth-order valence-corrected chi connectivity index (χ4v) is 2.73. The molecule has 0 aliphatic heterocycles. The lowest BCUT2D eigenvalue weighted by atomic mass is 10.1. The van der Waals surface area contributed by atoms with Crippen LogP contribution in [-0.2, 0) is 4.79 Å². The van der Waals surface area contributed by atoms with Crippen LogP contribution in [0.15, 0.2) is 47.1 Å². The summed E-state index contributed by atoms with van der Waals surface area (Å²) in [6, 6.07) is 10.5. The van der Waals surface area contributed by atoms with E-state index in [1.54, 1.807) is 30.3 Å². The number of benzene rings is 2. The van der Waals surface area contributed by atoms with Gasteiger partial charge in [-0.15, -0.1) is 0 Å². The third-order valence-corrected chi connectivity index (χ3v) is 4.64. The first-order chi connectivity index (χ1) is 11.0. The monoisotopic (exact) mass is 390 g/mol. The van der Waals surface area contributed by atoms with Crippen molar-refractivity contribution in [3.05, 3.63) is 63.2 Å². The molecule has 1 aromatic heterocycles. The predicted molar refractivity (Wildman–Crippen MR) is 95.1 cm³/mol. The lowest BCUT2D eigenvalue weighted by Gasteiger charge is -2.06. The van der Waals surface area contributed by atoms with E-state index in [1.165, 1.54) is 6.20 Å². The summed E-state index contributed by atoms with van der Waals surface area (Å²) in [5.74, 6) is -1.30. The molecule has 4 nitrogen and oxygen atoms in total. The first-order valence-corrected chi connectivity index (χ1v) is 8.01. The molecule has 0 atom stereocenters. The first-order valence-electron chi connectivity index (χ1n) is 6.84. The number of halogens is 2. The Morgan fingerprint density at radius 3 is 2.70 bits per heavy atom. The van der Waals surface area contributed by atoms with Crippen LogP contribution in [0.5, 0.6) is 0 Å². The molecule has 0 bridgehead atoms. The van der Waals surface area contributed by atoms with E-state index in [4.69, 9.17) is 11.6 Å². The highest BCUT2D eigenvalue weighted by molar-refractivity contribution is 9.10. The number of H-pyrrole nitrogens is 1. The number of aryl methyl sites for hydroxylation is 1. The van der Waals surface area contributed by atoms with Gasteiger partial charge in [-0.05, 0) is 48.9 Å². The van der Waals surface area contributed by atoms with Gasteiger partial charge in [-0.25, -0.2) is 0 Å². The van der Waals surface area contributed by atoms with Crippen molar-refractivity contribution >= 4 is 55.8 Å². The van der Waals surface area contributed by atoms with Crippen LogP contribution >= 0.6 is 27.5 Å². The average Bonchev–Trinajstić information content (AvgIpc) is 2.93. The van der Waals surface area contributed by atoms with Gasteiger partial charge in [0.25, 0.3) is 11.7 Å². The molecule has 0 fully saturated rings. The molecule has 0 spiro atoms. The van der Waals surface area contributed by atoms with Crippen molar-refractivity contribution in [2.75, 3.05) is 5.32 Å². The van der Waals surface area contributed by atoms with Gasteiger partial charge in [0.2, 0.25) is 0 Å². The van der Waals surface area contributed by atoms with E-state index < -0.39 is 11.7 Å². The molecule has 0 aliphatic carbocycles. The Morgan fingerprint density at radius 1 is 1.17 bits per heavy atom. The van der Waals surface area contributed by atoms with E-state index in [1.807, 2.05) is 13.0 Å². The van der Waals surface area contributed by atoms with Crippen LogP contribution in [-0.4, -0.2) is 16.7 Å². The van der Waals surface area contributed by atoms with Crippen molar-refractivity contribution in [2.45, 2.75) is 6.92 Å². The smallest absolute Gasteiger partial charge is 0.296 e. The molecule has 3 rings (SSSR count). The van der Waals surface area contributed by atoms with Gasteiger partial charge in [0.1, 0.15) is 0 Å². The van der Waals surface area contributed by atoms with E-state index in [0.29, 0.717) is 21.7 Å². The quantitative estimate of drug-likeness (QED) is 0.501. The molecular formula is C17H12BrClN2O2. The Morgan fingerprint density at radius 2 is 1.96 bits per heavy atom. The maximum atomic E-state index is 12.4. The third kappa shape index (κ3) is 3.16. The Labute approximate surface area is 146 Å². The zero-order chi connectivity index (χ0) is 16.6. The minimum atomic E-state index is -0.687. The predicted octanol–water partition coefficient (Wildman–Crippen LogP) is 4.71. The molecule has 1 heterocycles. The van der Waals surface area contributed by atoms with Gasteiger partial charge < -0.3 is 10.3 Å². The summed E-state index contributed by atoms with van der Waals surface area (Å²) in [5.41, 5.74) is 2.59. The molecule has 3 aromatic rings. The highest BCUT2D eigenvalue weighted by atomic mass is 79.9. The number of aromatic nitrogens is 1. The van der Waals surface area contributed by atoms with Gasteiger partial charge in [-0.3, -0.25) is 9.59 Å². The third-order valence-electron chi connectivity index (χ3n) is 3.51. The molecule has 2 aromatic carbocycles. The second-order valence-corrected chi connectivity index (χ2v) is 6.43. The van der Waals surface area contributed by atoms with Crippen LogP contribution in [0.3, 0.4) is 0 Å². The Hall–Kier alpha value is -2.11. The maximum absolute atomic E-state index is 12.4. The molecular weight excluding hydrogens is 380 g/mol. The molecule has 6 heteroatoms. The standard InChI is InChI=1S/C17H12BrClN2O2/c1-9-6-11(3-4-14(9)18)21-17(23)16(22)13-8-20-15-5-2-10(19)7-12(13)15/h2-8,20H,1H3,(H,21,23). The summed E-state index contributed by atoms with van der Waals surface area (Å²) in [4.78, 5) is 27.6. The van der Waals surface area contributed by atoms with Crippen molar-refractivity contribution < 1.29 is 9.59 Å². The van der Waals surface area contributed by atoms with Crippen LogP contribution in [0.1, 0.15) is 15.9 Å². The number of fused-ring (bicyclic) bond motifs is 1. The Bertz CT molecular complexity index is 933. The highest BCUT2D eigenvalue weighted by Crippen LogP contribution is 2.24. The number of ketones is 1. The molecule has 23 heavy (non-hydrogen) atoms. The van der Waals surface area contributed by atoms with E-state index in [2.05, 4.69) is 26.2 Å². The van der Waals surface area contributed by atoms with Crippen LogP contribution in [0, 0.1) is 6.92 Å². The number of rotatable bonds is 3. The number of amides is 1. The number of nitrogens with one attached hydrogen (secondary N) is 2. The van der Waals surface area contributed by atoms with Gasteiger partial charge in [0.15, 0.2) is 0 Å². The van der Waals surface area contributed by atoms with Crippen molar-refractivity contribution in [3.8, 4) is 0 Å². The van der Waals surface area contributed by atoms with Crippen molar-refractivity contribution in [2.24, 2.45) is 0 Å². The number of aromatic amines is 1. The summed E-state index contributed by atoms with van der Waals surface area (Å²) < 4.78 is 0.938. The first kappa shape index (κ1) is 15.8. The van der Waals surface area contributed by atoms with Crippen LogP contribution < -0.4 is 5.32 Å². The second kappa shape index (κ2) is 6.18. The largest absolute Gasteiger partial charge is 0.360 e. The normalized spacial score (nSPS) is 10.7. The maximum Gasteiger partial charge on any atom is 0.296 e. The summed E-state index contributed by atoms with van der Waals surface area (Å²) >= 11 is 9.36. The van der Waals surface area contributed by atoms with Gasteiger partial charge in [0.05, 0.1) is 5.56 Å². The van der Waals surface area contributed by atoms with Crippen molar-refractivity contribution in [1.82, 2.24) is 4.98 Å². The minimum Gasteiger partial charge on any atom is -0.360 e. The second-order valence-electron chi connectivity index (χ2n) is 5.14. The topological polar surface area (TPSA) is 62.0 Å². The van der Waals surface area contributed by atoms with Gasteiger partial charge in [-0.1, -0.05) is 27.5 Å². The molecule has 1 amide bonds. The van der Waals surface area contributed by atoms with Gasteiger partial charge in [0, 0.05) is 32.3 Å². The molecule has 0 radical (unpaired) electrons. The van der Waals surface area contributed by atoms with Crippen LogP contribution in [0.4, 0.5) is 5.69 Å². The van der Waals surface area contributed by atoms with Gasteiger partial charge in [-0.2, -0.15) is 0 Å². The summed E-state index contributed by atoms with van der Waals surface area (Å²) in [7, 11) is 0. The number of carbonyl (C=O) groups excluding carboxylic acids is 2. The van der Waals surface area contributed by atoms with Crippen LogP contribution in [0.2, 0.25) is 5.02 Å². The molecule has 0 saturated carbocycles. The zero-order valence-electron chi connectivity index (χ0n) is 12.1. The summed E-state index contributed by atoms with van der Waals surface area (Å²) in [6.07, 6.45) is 1.52. The molecule has 0 aliphatic rings. The van der Waals surface area contributed by atoms with Crippen LogP contribution in [0.25, 0.3) is 10.9 Å². The average molecular weight is 392 g/mol. The van der Waals surface area contributed by atoms with Gasteiger partial charge >= 0.3 is 0 Å². The molecule has 0 saturated heterocycles. The number of hydrogen-bond acceptors (Lipinski definition) is 2. The molecule has 0 unspecified atom stereocenters. The lowest BCUT2D eigenvalue weighted by Crippen LogP contribution is -2.22. The molecule has 116 valence electrons. The molecule has 2 N–H and O–H groups in total. The van der Waals surface area contributed by atoms with E-state index in [0.717, 1.165) is 15.6 Å². The van der Waals surface area contributed by atoms with Crippen molar-refractivity contribution in [1.29, 1.82) is 0 Å². The van der Waals surface area contributed by atoms with Crippen molar-refractivity contribution in [3.63, 3.8) is 0 Å². The number of Topliss-reactive ketones (excluding diaryl/α,β-unsaturated/α-hetero) is 1. The minimum absolute atomic E-state index is 0.300. The van der Waals surface area contributed by atoms with E-state index >= 15 is 0 Å². The fraction of sp³-hybridized carbons (Fsp3) is 0.0588. The zero-order valence-corrected chi connectivity index (χ0v) is 14.5. The van der Waals surface area contributed by atoms with E-state index in [-0.39, 0.29) is 0 Å². The Balaban J connectivity index is 1.87. The number of hydrogen-bond donors (Lipinski definition) is 2. The number of carbonyl (C=O) groups is 2. The highest BCUT2D eigenvalue weighted by Gasteiger charge is 2.20. The summed E-state index contributed by atoms with van der Waals surface area (Å²) in [6.45, 7) is 1.91. The van der Waals surface area contributed by atoms with E-state index in [9.17, 15) is 9.59 Å². The summed E-state index contributed by atoms with van der Waals surface area (Å²) in [5, 5.41) is 3.76. The number of anilines is 1. The SMILES string of the molecule is Cc1cc(NC(=O)C(=O)c2c[nH]c3ccc(Cl)cc23)ccc1Br. The lowest BCUT2D eigenvalue weighted by molar-refractivity contribution is -0.112. The Kier molecular flexibility index (Phi) is 4.24.